The third kappa shape index (κ3) is 7.56. The van der Waals surface area contributed by atoms with Gasteiger partial charge < -0.3 is 19.9 Å². The van der Waals surface area contributed by atoms with Crippen LogP contribution in [0.5, 0.6) is 17.2 Å². The van der Waals surface area contributed by atoms with Gasteiger partial charge in [0.1, 0.15) is 29.2 Å². The molecule has 43 heavy (non-hydrogen) atoms. The summed E-state index contributed by atoms with van der Waals surface area (Å²) in [5.41, 5.74) is 0.998. The summed E-state index contributed by atoms with van der Waals surface area (Å²) < 4.78 is 52.5. The number of nitrogens with zero attached hydrogens (tertiary/aromatic N) is 1. The van der Waals surface area contributed by atoms with E-state index in [0.29, 0.717) is 30.1 Å². The SMILES string of the molecule is O=C(Cc1ccc(Oc2ccc(OC3CCN(S(=O)(=O)c4cccc(F)c4)CC3)cc2)cc1)Nc1ccccc1C(=O)O. The number of ether oxygens (including phenoxy) is 2. The monoisotopic (exact) mass is 604 g/mol. The van der Waals surface area contributed by atoms with Gasteiger partial charge in [-0.2, -0.15) is 4.31 Å². The molecule has 11 heteroatoms. The summed E-state index contributed by atoms with van der Waals surface area (Å²) in [5.74, 6) is -0.262. The third-order valence-electron chi connectivity index (χ3n) is 6.92. The van der Waals surface area contributed by atoms with Crippen LogP contribution in [0.4, 0.5) is 10.1 Å². The van der Waals surface area contributed by atoms with Gasteiger partial charge in [0.05, 0.1) is 22.6 Å². The minimum atomic E-state index is -3.76. The lowest BCUT2D eigenvalue weighted by atomic mass is 10.1. The number of hydrogen-bond donors (Lipinski definition) is 2. The lowest BCUT2D eigenvalue weighted by Crippen LogP contribution is -2.41. The van der Waals surface area contributed by atoms with Crippen molar-refractivity contribution in [3.05, 3.63) is 114 Å². The molecule has 0 atom stereocenters. The van der Waals surface area contributed by atoms with Crippen LogP contribution in [0.3, 0.4) is 0 Å². The van der Waals surface area contributed by atoms with Crippen LogP contribution in [-0.4, -0.2) is 48.9 Å². The predicted molar refractivity (Wildman–Crippen MR) is 158 cm³/mol. The standard InChI is InChI=1S/C32H29FN2O7S/c33-23-4-3-5-28(21-23)43(39,40)35-18-16-27(17-19-35)42-26-14-12-25(13-15-26)41-24-10-8-22(9-11-24)20-31(36)34-30-7-2-1-6-29(30)32(37)38/h1-15,21,27H,16-20H2,(H,34,36)(H,37,38). The fourth-order valence-corrected chi connectivity index (χ4v) is 6.22. The topological polar surface area (TPSA) is 122 Å². The van der Waals surface area contributed by atoms with Crippen LogP contribution in [0, 0.1) is 5.82 Å². The second kappa shape index (κ2) is 13.1. The number of sulfonamides is 1. The van der Waals surface area contributed by atoms with Crippen LogP contribution < -0.4 is 14.8 Å². The van der Waals surface area contributed by atoms with Crippen molar-refractivity contribution < 1.29 is 37.0 Å². The van der Waals surface area contributed by atoms with E-state index < -0.39 is 21.8 Å². The van der Waals surface area contributed by atoms with Gasteiger partial charge in [0.15, 0.2) is 0 Å². The Bertz CT molecular complexity index is 1700. The molecule has 1 heterocycles. The average Bonchev–Trinajstić information content (AvgIpc) is 2.99. The van der Waals surface area contributed by atoms with Gasteiger partial charge in [-0.3, -0.25) is 4.79 Å². The molecule has 1 saturated heterocycles. The van der Waals surface area contributed by atoms with Gasteiger partial charge >= 0.3 is 5.97 Å². The van der Waals surface area contributed by atoms with Gasteiger partial charge in [-0.25, -0.2) is 17.6 Å². The Morgan fingerprint density at radius 3 is 2.14 bits per heavy atom. The number of rotatable bonds is 10. The number of carboxylic acids is 1. The molecular weight excluding hydrogens is 575 g/mol. The second-order valence-corrected chi connectivity index (χ2v) is 11.9. The highest BCUT2D eigenvalue weighted by Gasteiger charge is 2.30. The van der Waals surface area contributed by atoms with Gasteiger partial charge in [-0.05, 0) is 85.1 Å². The number of benzene rings is 4. The zero-order valence-corrected chi connectivity index (χ0v) is 23.8. The van der Waals surface area contributed by atoms with E-state index in [1.807, 2.05) is 0 Å². The number of hydrogen-bond acceptors (Lipinski definition) is 6. The summed E-state index contributed by atoms with van der Waals surface area (Å²) >= 11 is 0. The van der Waals surface area contributed by atoms with Crippen LogP contribution in [0.15, 0.2) is 102 Å². The molecule has 5 rings (SSSR count). The predicted octanol–water partition coefficient (Wildman–Crippen LogP) is 5.73. The first-order valence-corrected chi connectivity index (χ1v) is 15.0. The van der Waals surface area contributed by atoms with Crippen molar-refractivity contribution >= 4 is 27.6 Å². The number of halogens is 1. The fraction of sp³-hybridized carbons (Fsp3) is 0.188. The number of carbonyl (C=O) groups is 2. The number of aromatic carboxylic acids is 1. The van der Waals surface area contributed by atoms with Crippen LogP contribution in [0.25, 0.3) is 0 Å². The Morgan fingerprint density at radius 2 is 1.49 bits per heavy atom. The normalized spacial score (nSPS) is 14.2. The molecule has 0 unspecified atom stereocenters. The van der Waals surface area contributed by atoms with Crippen LogP contribution >= 0.6 is 0 Å². The van der Waals surface area contributed by atoms with E-state index in [-0.39, 0.29) is 47.7 Å². The number of nitrogens with one attached hydrogen (secondary N) is 1. The fourth-order valence-electron chi connectivity index (χ4n) is 4.72. The van der Waals surface area contributed by atoms with Crippen molar-refractivity contribution in [3.63, 3.8) is 0 Å². The quantitative estimate of drug-likeness (QED) is 0.237. The third-order valence-corrected chi connectivity index (χ3v) is 8.81. The zero-order valence-electron chi connectivity index (χ0n) is 23.0. The van der Waals surface area contributed by atoms with E-state index in [9.17, 15) is 27.5 Å². The molecule has 1 aliphatic heterocycles. The number of amides is 1. The Balaban J connectivity index is 1.10. The molecule has 222 valence electrons. The Morgan fingerprint density at radius 1 is 0.860 bits per heavy atom. The number of carboxylic acid groups (broad SMARTS) is 1. The Labute approximate surface area is 248 Å². The van der Waals surface area contributed by atoms with Gasteiger partial charge in [-0.1, -0.05) is 30.3 Å². The minimum Gasteiger partial charge on any atom is -0.490 e. The average molecular weight is 605 g/mol. The molecule has 0 aromatic heterocycles. The summed E-state index contributed by atoms with van der Waals surface area (Å²) in [5, 5.41) is 11.9. The molecule has 1 fully saturated rings. The van der Waals surface area contributed by atoms with Crippen LogP contribution in [0.2, 0.25) is 0 Å². The largest absolute Gasteiger partial charge is 0.490 e. The van der Waals surface area contributed by atoms with Crippen LogP contribution in [0.1, 0.15) is 28.8 Å². The highest BCUT2D eigenvalue weighted by atomic mass is 32.2. The molecule has 1 amide bonds. The lowest BCUT2D eigenvalue weighted by molar-refractivity contribution is -0.115. The zero-order chi connectivity index (χ0) is 30.4. The maximum absolute atomic E-state index is 13.5. The van der Waals surface area contributed by atoms with Gasteiger partial charge in [0.25, 0.3) is 0 Å². The Kier molecular flexibility index (Phi) is 9.03. The highest BCUT2D eigenvalue weighted by Crippen LogP contribution is 2.28. The molecule has 0 radical (unpaired) electrons. The first-order chi connectivity index (χ1) is 20.7. The minimum absolute atomic E-state index is 0.0227. The first kappa shape index (κ1) is 29.7. The van der Waals surface area contributed by atoms with E-state index in [1.54, 1.807) is 66.7 Å². The maximum Gasteiger partial charge on any atom is 0.337 e. The maximum atomic E-state index is 13.5. The summed E-state index contributed by atoms with van der Waals surface area (Å²) in [6.45, 7) is 0.552. The summed E-state index contributed by atoms with van der Waals surface area (Å²) in [4.78, 5) is 23.7. The van der Waals surface area contributed by atoms with Crippen molar-refractivity contribution in [2.24, 2.45) is 0 Å². The Hall–Kier alpha value is -4.74. The summed E-state index contributed by atoms with van der Waals surface area (Å²) in [6, 6.07) is 25.3. The van der Waals surface area contributed by atoms with E-state index in [2.05, 4.69) is 5.32 Å². The molecule has 0 aliphatic carbocycles. The van der Waals surface area contributed by atoms with Crippen molar-refractivity contribution in [1.82, 2.24) is 4.31 Å². The van der Waals surface area contributed by atoms with Crippen molar-refractivity contribution in [2.75, 3.05) is 18.4 Å². The van der Waals surface area contributed by atoms with E-state index in [0.717, 1.165) is 11.6 Å². The van der Waals surface area contributed by atoms with E-state index in [1.165, 1.54) is 28.6 Å². The van der Waals surface area contributed by atoms with E-state index in [4.69, 9.17) is 9.47 Å². The van der Waals surface area contributed by atoms with Crippen molar-refractivity contribution in [3.8, 4) is 17.2 Å². The number of para-hydroxylation sites is 1. The van der Waals surface area contributed by atoms with Crippen molar-refractivity contribution in [2.45, 2.75) is 30.3 Å². The molecule has 9 nitrogen and oxygen atoms in total. The molecule has 2 N–H and O–H groups in total. The summed E-state index contributed by atoms with van der Waals surface area (Å²) in [7, 11) is -3.76. The van der Waals surface area contributed by atoms with E-state index >= 15 is 0 Å². The van der Waals surface area contributed by atoms with Crippen molar-refractivity contribution in [1.29, 1.82) is 0 Å². The van der Waals surface area contributed by atoms with Crippen LogP contribution in [-0.2, 0) is 21.2 Å². The molecule has 4 aromatic carbocycles. The molecule has 1 aliphatic rings. The number of piperidine rings is 1. The highest BCUT2D eigenvalue weighted by molar-refractivity contribution is 7.89. The molecule has 0 spiro atoms. The molecule has 0 saturated carbocycles. The number of anilines is 1. The second-order valence-electron chi connectivity index (χ2n) is 9.97. The van der Waals surface area contributed by atoms with Gasteiger partial charge in [0.2, 0.25) is 15.9 Å². The molecule has 0 bridgehead atoms. The van der Waals surface area contributed by atoms with Gasteiger partial charge in [-0.15, -0.1) is 0 Å². The number of carbonyl (C=O) groups excluding carboxylic acids is 1. The first-order valence-electron chi connectivity index (χ1n) is 13.6. The van der Waals surface area contributed by atoms with Gasteiger partial charge in [0, 0.05) is 13.1 Å². The molecular formula is C32H29FN2O7S. The summed E-state index contributed by atoms with van der Waals surface area (Å²) in [6.07, 6.45) is 0.913. The molecule has 4 aromatic rings. The lowest BCUT2D eigenvalue weighted by Gasteiger charge is -2.31. The smallest absolute Gasteiger partial charge is 0.337 e.